The number of β-amino-alcohol motifs (C(OH)–C–C–N with tert-alkyl or cyclic N) is 1. The molecule has 0 saturated carbocycles. The zero-order chi connectivity index (χ0) is 31.2. The largest absolute Gasteiger partial charge is 0.416 e. The molecular weight excluding hydrogens is 588 g/mol. The van der Waals surface area contributed by atoms with E-state index in [4.69, 9.17) is 11.6 Å². The Kier molecular flexibility index (Phi) is 8.56. The first kappa shape index (κ1) is 31.6. The fourth-order valence-electron chi connectivity index (χ4n) is 5.04. The number of amides is 1. The van der Waals surface area contributed by atoms with Crippen molar-refractivity contribution < 1.29 is 41.4 Å². The van der Waals surface area contributed by atoms with E-state index in [9.17, 15) is 41.4 Å². The Labute approximate surface area is 243 Å². The summed E-state index contributed by atoms with van der Waals surface area (Å²) in [5, 5.41) is 20.4. The normalized spacial score (nSPS) is 18.0. The molecule has 1 amide bonds. The van der Waals surface area contributed by atoms with Crippen LogP contribution in [0.3, 0.4) is 0 Å². The van der Waals surface area contributed by atoms with Gasteiger partial charge < -0.3 is 20.0 Å². The number of benzene rings is 2. The number of likely N-dealkylation sites (N-methyl/N-ethyl adjacent to an activating group) is 1. The molecule has 6 nitrogen and oxygen atoms in total. The fraction of sp³-hybridized carbons (Fsp3) is 0.379. The van der Waals surface area contributed by atoms with Crippen LogP contribution in [0.5, 0.6) is 0 Å². The third-order valence-electron chi connectivity index (χ3n) is 7.43. The van der Waals surface area contributed by atoms with Gasteiger partial charge in [0.25, 0.3) is 0 Å². The molecule has 2 atom stereocenters. The minimum atomic E-state index is -5.07. The summed E-state index contributed by atoms with van der Waals surface area (Å²) in [6, 6.07) is 8.95. The summed E-state index contributed by atoms with van der Waals surface area (Å²) in [6.07, 6.45) is -9.16. The lowest BCUT2D eigenvalue weighted by atomic mass is 9.81. The average Bonchev–Trinajstić information content (AvgIpc) is 3.31. The minimum absolute atomic E-state index is 0.0178. The second-order valence-electron chi connectivity index (χ2n) is 10.7. The van der Waals surface area contributed by atoms with Gasteiger partial charge in [0, 0.05) is 24.2 Å². The number of aromatic nitrogens is 1. The molecule has 1 aliphatic rings. The maximum atomic E-state index is 13.8. The molecule has 0 aliphatic carbocycles. The van der Waals surface area contributed by atoms with Crippen molar-refractivity contribution in [1.29, 1.82) is 0 Å². The number of hydrogen-bond acceptors (Lipinski definition) is 5. The molecule has 0 spiro atoms. The topological polar surface area (TPSA) is 76.9 Å². The van der Waals surface area contributed by atoms with Gasteiger partial charge >= 0.3 is 12.4 Å². The summed E-state index contributed by atoms with van der Waals surface area (Å²) in [5.74, 6) is -0.392. The van der Waals surface area contributed by atoms with Gasteiger partial charge in [-0.1, -0.05) is 23.7 Å². The molecule has 2 aromatic carbocycles. The highest BCUT2D eigenvalue weighted by Gasteiger charge is 2.41. The van der Waals surface area contributed by atoms with E-state index < -0.39 is 52.5 Å². The molecule has 4 rings (SSSR count). The van der Waals surface area contributed by atoms with Gasteiger partial charge in [0.1, 0.15) is 5.82 Å². The molecule has 2 N–H and O–H groups in total. The first-order valence-corrected chi connectivity index (χ1v) is 13.2. The van der Waals surface area contributed by atoms with Crippen LogP contribution in [0.2, 0.25) is 5.02 Å². The fourth-order valence-corrected chi connectivity index (χ4v) is 5.16. The van der Waals surface area contributed by atoms with Crippen molar-refractivity contribution in [3.05, 3.63) is 76.4 Å². The smallest absolute Gasteiger partial charge is 0.394 e. The number of aliphatic hydroxyl groups excluding tert-OH is 2. The van der Waals surface area contributed by atoms with Crippen LogP contribution in [0.25, 0.3) is 11.1 Å². The van der Waals surface area contributed by atoms with Gasteiger partial charge in [-0.3, -0.25) is 4.79 Å². The summed E-state index contributed by atoms with van der Waals surface area (Å²) in [5.41, 5.74) is -4.05. The number of carbonyl (C=O) groups is 1. The first-order valence-electron chi connectivity index (χ1n) is 12.8. The van der Waals surface area contributed by atoms with E-state index in [-0.39, 0.29) is 24.9 Å². The van der Waals surface area contributed by atoms with Gasteiger partial charge in [-0.15, -0.1) is 0 Å². The van der Waals surface area contributed by atoms with Crippen LogP contribution in [-0.4, -0.2) is 53.4 Å². The first-order chi connectivity index (χ1) is 19.4. The van der Waals surface area contributed by atoms with Crippen molar-refractivity contribution in [2.75, 3.05) is 30.0 Å². The summed E-state index contributed by atoms with van der Waals surface area (Å²) >= 11 is 6.06. The number of nitrogens with zero attached hydrogens (tertiary/aromatic N) is 3. The number of halogens is 7. The van der Waals surface area contributed by atoms with Crippen LogP contribution >= 0.6 is 11.6 Å². The van der Waals surface area contributed by atoms with Crippen LogP contribution in [-0.2, 0) is 22.6 Å². The van der Waals surface area contributed by atoms with Crippen molar-refractivity contribution in [3.63, 3.8) is 0 Å². The third kappa shape index (κ3) is 6.35. The van der Waals surface area contributed by atoms with E-state index in [1.807, 2.05) is 0 Å². The Morgan fingerprint density at radius 2 is 1.55 bits per heavy atom. The number of rotatable bonds is 6. The van der Waals surface area contributed by atoms with E-state index in [0.717, 1.165) is 4.90 Å². The van der Waals surface area contributed by atoms with Crippen LogP contribution in [0.15, 0.2) is 54.7 Å². The van der Waals surface area contributed by atoms with Crippen molar-refractivity contribution in [2.45, 2.75) is 50.2 Å². The molecule has 0 unspecified atom stereocenters. The standard InChI is InChI=1S/C29H28ClF6N3O3/c1-27(2,17-8-18(28(31,32)33)10-19(9-17)29(34,35)36)26(42)38(3)24-13-37-25(39-14-22(41)11-21(39)15-40)12-23(24)16-4-6-20(30)7-5-16/h4-10,12-13,21-22,40-41H,11,14-15H2,1-3H3/t21-,22+/m0/s1. The molecule has 1 saturated heterocycles. The number of hydrogen-bond donors (Lipinski definition) is 2. The summed E-state index contributed by atoms with van der Waals surface area (Å²) in [6.45, 7) is 2.47. The van der Waals surface area contributed by atoms with Gasteiger partial charge in [0.2, 0.25) is 5.91 Å². The van der Waals surface area contributed by atoms with Crippen molar-refractivity contribution in [1.82, 2.24) is 4.98 Å². The molecule has 0 bridgehead atoms. The lowest BCUT2D eigenvalue weighted by Gasteiger charge is -2.32. The third-order valence-corrected chi connectivity index (χ3v) is 7.68. The lowest BCUT2D eigenvalue weighted by Crippen LogP contribution is -2.42. The van der Waals surface area contributed by atoms with Gasteiger partial charge in [-0.05, 0) is 67.8 Å². The molecular formula is C29H28ClF6N3O3. The molecule has 13 heteroatoms. The van der Waals surface area contributed by atoms with Crippen molar-refractivity contribution >= 4 is 29.0 Å². The zero-order valence-corrected chi connectivity index (χ0v) is 23.5. The lowest BCUT2D eigenvalue weighted by molar-refractivity contribution is -0.143. The maximum Gasteiger partial charge on any atom is 0.416 e. The number of aliphatic hydroxyl groups is 2. The van der Waals surface area contributed by atoms with E-state index >= 15 is 0 Å². The SMILES string of the molecule is CN(C(=O)C(C)(C)c1cc(C(F)(F)F)cc(C(F)(F)F)c1)c1cnc(N2C[C@H](O)C[C@H]2CO)cc1-c1ccc(Cl)cc1. The predicted molar refractivity (Wildman–Crippen MR) is 146 cm³/mol. The maximum absolute atomic E-state index is 13.8. The van der Waals surface area contributed by atoms with Crippen LogP contribution < -0.4 is 9.80 Å². The van der Waals surface area contributed by atoms with Crippen LogP contribution in [0.1, 0.15) is 37.0 Å². The summed E-state index contributed by atoms with van der Waals surface area (Å²) in [7, 11) is 1.36. The van der Waals surface area contributed by atoms with Gasteiger partial charge in [-0.2, -0.15) is 26.3 Å². The molecule has 1 aliphatic heterocycles. The highest BCUT2D eigenvalue weighted by Crippen LogP contribution is 2.41. The second-order valence-corrected chi connectivity index (χ2v) is 11.2. The number of pyridine rings is 1. The van der Waals surface area contributed by atoms with Gasteiger partial charge in [0.05, 0.1) is 47.2 Å². The van der Waals surface area contributed by atoms with E-state index in [0.29, 0.717) is 40.5 Å². The Bertz CT molecular complexity index is 1430. The second kappa shape index (κ2) is 11.4. The average molecular weight is 616 g/mol. The van der Waals surface area contributed by atoms with Crippen molar-refractivity contribution in [2.24, 2.45) is 0 Å². The summed E-state index contributed by atoms with van der Waals surface area (Å²) in [4.78, 5) is 21.1. The van der Waals surface area contributed by atoms with Crippen LogP contribution in [0, 0.1) is 0 Å². The number of anilines is 2. The quantitative estimate of drug-likeness (QED) is 0.318. The number of carbonyl (C=O) groups excluding carboxylic acids is 1. The monoisotopic (exact) mass is 615 g/mol. The molecule has 1 aromatic heterocycles. The summed E-state index contributed by atoms with van der Waals surface area (Å²) < 4.78 is 81.3. The molecule has 1 fully saturated rings. The van der Waals surface area contributed by atoms with E-state index in [2.05, 4.69) is 4.98 Å². The highest BCUT2D eigenvalue weighted by atomic mass is 35.5. The minimum Gasteiger partial charge on any atom is -0.394 e. The van der Waals surface area contributed by atoms with E-state index in [1.165, 1.54) is 27.1 Å². The molecule has 3 aromatic rings. The van der Waals surface area contributed by atoms with Gasteiger partial charge in [0.15, 0.2) is 0 Å². The van der Waals surface area contributed by atoms with Crippen molar-refractivity contribution in [3.8, 4) is 11.1 Å². The Balaban J connectivity index is 1.81. The zero-order valence-electron chi connectivity index (χ0n) is 22.8. The predicted octanol–water partition coefficient (Wildman–Crippen LogP) is 6.31. The Morgan fingerprint density at radius 1 is 1.00 bits per heavy atom. The molecule has 42 heavy (non-hydrogen) atoms. The van der Waals surface area contributed by atoms with Gasteiger partial charge in [-0.25, -0.2) is 4.98 Å². The molecule has 2 heterocycles. The Morgan fingerprint density at radius 3 is 2.07 bits per heavy atom. The molecule has 226 valence electrons. The number of alkyl halides is 6. The van der Waals surface area contributed by atoms with E-state index in [1.54, 1.807) is 35.2 Å². The highest BCUT2D eigenvalue weighted by molar-refractivity contribution is 6.30. The molecule has 0 radical (unpaired) electrons. The van der Waals surface area contributed by atoms with Crippen LogP contribution in [0.4, 0.5) is 37.8 Å². The Hall–Kier alpha value is -3.35.